The van der Waals surface area contributed by atoms with E-state index in [0.29, 0.717) is 0 Å². The number of ketones is 1. The molecule has 3 nitrogen and oxygen atoms in total. The van der Waals surface area contributed by atoms with Crippen LogP contribution in [-0.2, 0) is 14.3 Å². The average Bonchev–Trinajstić information content (AvgIpc) is 2.17. The van der Waals surface area contributed by atoms with Gasteiger partial charge in [-0.25, -0.2) is 0 Å². The third-order valence-electron chi connectivity index (χ3n) is 1.59. The van der Waals surface area contributed by atoms with Crippen molar-refractivity contribution < 1.29 is 14.3 Å². The SMILES string of the molecule is CC(=O)OC(Sc1ccccc1)C(C)=O. The largest absolute Gasteiger partial charge is 0.443 e. The fraction of sp³-hybridized carbons (Fsp3) is 0.273. The van der Waals surface area contributed by atoms with Crippen molar-refractivity contribution in [2.45, 2.75) is 24.2 Å². The quantitative estimate of drug-likeness (QED) is 0.447. The van der Waals surface area contributed by atoms with Gasteiger partial charge >= 0.3 is 5.97 Å². The highest BCUT2D eigenvalue weighted by Gasteiger charge is 2.18. The highest BCUT2D eigenvalue weighted by molar-refractivity contribution is 8.00. The Hall–Kier alpha value is -1.29. The third kappa shape index (κ3) is 4.16. The van der Waals surface area contributed by atoms with Gasteiger partial charge in [-0.1, -0.05) is 30.0 Å². The van der Waals surface area contributed by atoms with Gasteiger partial charge in [0, 0.05) is 11.8 Å². The number of esters is 1. The van der Waals surface area contributed by atoms with E-state index in [1.165, 1.54) is 25.6 Å². The third-order valence-corrected chi connectivity index (χ3v) is 2.78. The van der Waals surface area contributed by atoms with Crippen LogP contribution < -0.4 is 0 Å². The van der Waals surface area contributed by atoms with Crippen molar-refractivity contribution in [3.63, 3.8) is 0 Å². The van der Waals surface area contributed by atoms with E-state index in [-0.39, 0.29) is 5.78 Å². The number of carbonyl (C=O) groups is 2. The Balaban J connectivity index is 2.67. The van der Waals surface area contributed by atoms with Gasteiger partial charge < -0.3 is 4.74 Å². The minimum atomic E-state index is -0.745. The van der Waals surface area contributed by atoms with E-state index in [1.54, 1.807) is 0 Å². The number of Topliss-reactive ketones (excluding diaryl/α,β-unsaturated/α-hetero) is 1. The molecule has 4 heteroatoms. The normalized spacial score (nSPS) is 11.9. The molecule has 0 aromatic heterocycles. The molecule has 0 radical (unpaired) electrons. The van der Waals surface area contributed by atoms with Gasteiger partial charge in [0.05, 0.1) is 0 Å². The van der Waals surface area contributed by atoms with Crippen molar-refractivity contribution in [2.24, 2.45) is 0 Å². The van der Waals surface area contributed by atoms with E-state index >= 15 is 0 Å². The summed E-state index contributed by atoms with van der Waals surface area (Å²) in [5.74, 6) is -0.613. The van der Waals surface area contributed by atoms with Gasteiger partial charge in [-0.05, 0) is 19.1 Å². The van der Waals surface area contributed by atoms with Gasteiger partial charge in [-0.15, -0.1) is 0 Å². The van der Waals surface area contributed by atoms with Crippen LogP contribution in [0.2, 0.25) is 0 Å². The minimum Gasteiger partial charge on any atom is -0.443 e. The molecule has 1 aromatic rings. The molecule has 1 atom stereocenters. The number of hydrogen-bond donors (Lipinski definition) is 0. The van der Waals surface area contributed by atoms with Gasteiger partial charge in [-0.3, -0.25) is 9.59 Å². The van der Waals surface area contributed by atoms with Crippen LogP contribution in [0.25, 0.3) is 0 Å². The maximum Gasteiger partial charge on any atom is 0.304 e. The number of benzene rings is 1. The van der Waals surface area contributed by atoms with Crippen molar-refractivity contribution in [1.29, 1.82) is 0 Å². The highest BCUT2D eigenvalue weighted by Crippen LogP contribution is 2.24. The zero-order valence-electron chi connectivity index (χ0n) is 8.60. The fourth-order valence-electron chi connectivity index (χ4n) is 0.963. The standard InChI is InChI=1S/C11H12O3S/c1-8(12)11(14-9(2)13)15-10-6-4-3-5-7-10/h3-7,11H,1-2H3. The van der Waals surface area contributed by atoms with E-state index in [9.17, 15) is 9.59 Å². The zero-order valence-corrected chi connectivity index (χ0v) is 9.41. The first-order chi connectivity index (χ1) is 7.09. The fourth-order valence-corrected chi connectivity index (χ4v) is 1.87. The Labute approximate surface area is 92.8 Å². The minimum absolute atomic E-state index is 0.168. The predicted octanol–water partition coefficient (Wildman–Crippen LogP) is 2.26. The Morgan fingerprint density at radius 1 is 1.20 bits per heavy atom. The second kappa shape index (κ2) is 5.56. The summed E-state index contributed by atoms with van der Waals surface area (Å²) < 4.78 is 4.89. The Morgan fingerprint density at radius 2 is 1.80 bits per heavy atom. The summed E-state index contributed by atoms with van der Waals surface area (Å²) in [6, 6.07) is 9.35. The maximum atomic E-state index is 11.2. The molecule has 0 N–H and O–H groups in total. The molecule has 0 saturated heterocycles. The van der Waals surface area contributed by atoms with Gasteiger partial charge in [0.25, 0.3) is 0 Å². The molecule has 0 amide bonds. The van der Waals surface area contributed by atoms with Gasteiger partial charge in [0.15, 0.2) is 5.78 Å². The van der Waals surface area contributed by atoms with Crippen LogP contribution in [0.1, 0.15) is 13.8 Å². The predicted molar refractivity (Wildman–Crippen MR) is 58.5 cm³/mol. The second-order valence-corrected chi connectivity index (χ2v) is 4.12. The van der Waals surface area contributed by atoms with E-state index < -0.39 is 11.4 Å². The molecule has 0 bridgehead atoms. The molecule has 80 valence electrons. The van der Waals surface area contributed by atoms with Gasteiger partial charge in [0.2, 0.25) is 5.44 Å². The Morgan fingerprint density at radius 3 is 2.27 bits per heavy atom. The summed E-state index contributed by atoms with van der Waals surface area (Å²) in [4.78, 5) is 22.8. The second-order valence-electron chi connectivity index (χ2n) is 2.98. The lowest BCUT2D eigenvalue weighted by Crippen LogP contribution is -2.20. The number of carbonyl (C=O) groups excluding carboxylic acids is 2. The van der Waals surface area contributed by atoms with Crippen LogP contribution in [-0.4, -0.2) is 17.2 Å². The molecule has 0 saturated carbocycles. The van der Waals surface area contributed by atoms with E-state index in [2.05, 4.69) is 0 Å². The van der Waals surface area contributed by atoms with Crippen molar-refractivity contribution in [3.05, 3.63) is 30.3 Å². The van der Waals surface area contributed by atoms with Crippen molar-refractivity contribution >= 4 is 23.5 Å². The van der Waals surface area contributed by atoms with E-state index in [1.807, 2.05) is 30.3 Å². The number of rotatable bonds is 4. The van der Waals surface area contributed by atoms with Crippen molar-refractivity contribution in [1.82, 2.24) is 0 Å². The Bertz CT molecular complexity index is 348. The number of thioether (sulfide) groups is 1. The summed E-state index contributed by atoms with van der Waals surface area (Å²) in [5, 5.41) is 0. The molecule has 0 aliphatic heterocycles. The average molecular weight is 224 g/mol. The molecule has 0 aliphatic carbocycles. The molecule has 0 spiro atoms. The summed E-state index contributed by atoms with van der Waals surface area (Å²) in [6.45, 7) is 2.70. The van der Waals surface area contributed by atoms with Crippen LogP contribution in [0, 0.1) is 0 Å². The molecule has 1 aromatic carbocycles. The smallest absolute Gasteiger partial charge is 0.304 e. The first-order valence-electron chi connectivity index (χ1n) is 4.49. The van der Waals surface area contributed by atoms with Crippen LogP contribution in [0.3, 0.4) is 0 Å². The summed E-state index contributed by atoms with van der Waals surface area (Å²) in [7, 11) is 0. The monoisotopic (exact) mass is 224 g/mol. The molecule has 1 rings (SSSR count). The maximum absolute atomic E-state index is 11.2. The zero-order chi connectivity index (χ0) is 11.3. The molecular formula is C11H12O3S. The number of hydrogen-bond acceptors (Lipinski definition) is 4. The topological polar surface area (TPSA) is 43.4 Å². The van der Waals surface area contributed by atoms with Gasteiger partial charge in [-0.2, -0.15) is 0 Å². The molecule has 1 unspecified atom stereocenters. The lowest BCUT2D eigenvalue weighted by atomic mass is 10.4. The van der Waals surface area contributed by atoms with Crippen molar-refractivity contribution in [2.75, 3.05) is 0 Å². The summed E-state index contributed by atoms with van der Waals surface area (Å²) in [6.07, 6.45) is 0. The molecule has 0 heterocycles. The van der Waals surface area contributed by atoms with Crippen LogP contribution in [0.5, 0.6) is 0 Å². The van der Waals surface area contributed by atoms with Crippen molar-refractivity contribution in [3.8, 4) is 0 Å². The molecule has 0 fully saturated rings. The lowest BCUT2D eigenvalue weighted by Gasteiger charge is -2.12. The van der Waals surface area contributed by atoms with Crippen LogP contribution in [0.4, 0.5) is 0 Å². The summed E-state index contributed by atoms with van der Waals surface area (Å²) >= 11 is 1.23. The highest BCUT2D eigenvalue weighted by atomic mass is 32.2. The number of ether oxygens (including phenoxy) is 1. The van der Waals surface area contributed by atoms with E-state index in [0.717, 1.165) is 4.90 Å². The molecule has 0 aliphatic rings. The first kappa shape index (κ1) is 11.8. The first-order valence-corrected chi connectivity index (χ1v) is 5.37. The van der Waals surface area contributed by atoms with E-state index in [4.69, 9.17) is 4.74 Å². The summed E-state index contributed by atoms with van der Waals surface area (Å²) in [5.41, 5.74) is -0.745. The van der Waals surface area contributed by atoms with Crippen LogP contribution in [0.15, 0.2) is 35.2 Å². The van der Waals surface area contributed by atoms with Gasteiger partial charge in [0.1, 0.15) is 0 Å². The van der Waals surface area contributed by atoms with Crippen LogP contribution >= 0.6 is 11.8 Å². The lowest BCUT2D eigenvalue weighted by molar-refractivity contribution is -0.147. The Kier molecular flexibility index (Phi) is 4.37. The molecular weight excluding hydrogens is 212 g/mol. The molecule has 15 heavy (non-hydrogen) atoms.